The SMILES string of the molecule is CO[C@H]1[C@H](C)/C=C(/C)CN(C)S(=O)(=O)CCCC/C=C/[C@@H]1OC. The Morgan fingerprint density at radius 1 is 1.22 bits per heavy atom. The van der Waals surface area contributed by atoms with E-state index in [1.54, 1.807) is 21.3 Å². The predicted octanol–water partition coefficient (Wildman–Crippen LogP) is 2.60. The molecule has 0 saturated heterocycles. The molecule has 5 nitrogen and oxygen atoms in total. The van der Waals surface area contributed by atoms with Crippen molar-refractivity contribution in [3.63, 3.8) is 0 Å². The summed E-state index contributed by atoms with van der Waals surface area (Å²) in [5.74, 6) is 0.322. The second kappa shape index (κ2) is 9.57. The monoisotopic (exact) mass is 345 g/mol. The van der Waals surface area contributed by atoms with Crippen LogP contribution in [0, 0.1) is 5.92 Å². The number of methoxy groups -OCH3 is 2. The van der Waals surface area contributed by atoms with Gasteiger partial charge in [0.25, 0.3) is 0 Å². The van der Waals surface area contributed by atoms with Gasteiger partial charge < -0.3 is 9.47 Å². The average Bonchev–Trinajstić information content (AvgIpc) is 2.48. The van der Waals surface area contributed by atoms with E-state index in [2.05, 4.69) is 19.1 Å². The second-order valence-corrected chi connectivity index (χ2v) is 8.46. The zero-order valence-corrected chi connectivity index (χ0v) is 15.8. The summed E-state index contributed by atoms with van der Waals surface area (Å²) in [7, 11) is 1.84. The van der Waals surface area contributed by atoms with Gasteiger partial charge in [0.2, 0.25) is 10.0 Å². The molecule has 0 aromatic carbocycles. The van der Waals surface area contributed by atoms with E-state index in [9.17, 15) is 8.42 Å². The maximum atomic E-state index is 12.3. The Morgan fingerprint density at radius 2 is 1.91 bits per heavy atom. The zero-order valence-electron chi connectivity index (χ0n) is 15.0. The highest BCUT2D eigenvalue weighted by atomic mass is 32.2. The minimum Gasteiger partial charge on any atom is -0.378 e. The van der Waals surface area contributed by atoms with E-state index < -0.39 is 10.0 Å². The highest BCUT2D eigenvalue weighted by Crippen LogP contribution is 2.19. The van der Waals surface area contributed by atoms with Crippen molar-refractivity contribution in [1.29, 1.82) is 0 Å². The van der Waals surface area contributed by atoms with E-state index in [0.29, 0.717) is 13.0 Å². The Bertz CT molecular complexity index is 513. The lowest BCUT2D eigenvalue weighted by molar-refractivity contribution is -0.0297. The molecule has 0 bridgehead atoms. The maximum Gasteiger partial charge on any atom is 0.214 e. The van der Waals surface area contributed by atoms with Crippen molar-refractivity contribution in [2.24, 2.45) is 5.92 Å². The number of nitrogens with zero attached hydrogens (tertiary/aromatic N) is 1. The van der Waals surface area contributed by atoms with E-state index in [-0.39, 0.29) is 23.9 Å². The number of sulfonamides is 1. The fourth-order valence-corrected chi connectivity index (χ4v) is 4.23. The Balaban J connectivity index is 3.04. The minimum absolute atomic E-state index is 0.101. The van der Waals surface area contributed by atoms with Crippen LogP contribution in [0.3, 0.4) is 0 Å². The summed E-state index contributed by atoms with van der Waals surface area (Å²) < 4.78 is 37.2. The Morgan fingerprint density at radius 3 is 2.52 bits per heavy atom. The lowest BCUT2D eigenvalue weighted by atomic mass is 9.96. The molecule has 0 fully saturated rings. The van der Waals surface area contributed by atoms with E-state index in [1.165, 1.54) is 4.31 Å². The molecule has 1 rings (SSSR count). The molecule has 0 aromatic rings. The van der Waals surface area contributed by atoms with Gasteiger partial charge in [-0.1, -0.05) is 30.7 Å². The van der Waals surface area contributed by atoms with E-state index in [1.807, 2.05) is 13.0 Å². The van der Waals surface area contributed by atoms with Crippen molar-refractivity contribution < 1.29 is 17.9 Å². The summed E-state index contributed by atoms with van der Waals surface area (Å²) in [5.41, 5.74) is 1.02. The zero-order chi connectivity index (χ0) is 17.5. The van der Waals surface area contributed by atoms with Crippen molar-refractivity contribution in [3.8, 4) is 0 Å². The smallest absolute Gasteiger partial charge is 0.214 e. The summed E-state index contributed by atoms with van der Waals surface area (Å²) in [5, 5.41) is 0. The standard InChI is InChI=1S/C17H31NO4S/c1-14-12-15(2)17(22-5)16(21-4)10-8-6-7-9-11-23(19,20)18(3)13-14/h8,10,12,15-17H,6-7,9,11,13H2,1-5H3/b10-8+,14-12-/t15-,16+,17+/m1/s1. The quantitative estimate of drug-likeness (QED) is 0.722. The molecule has 1 aliphatic heterocycles. The van der Waals surface area contributed by atoms with Gasteiger partial charge in [-0.05, 0) is 26.2 Å². The van der Waals surface area contributed by atoms with Gasteiger partial charge in [0.15, 0.2) is 0 Å². The Labute approximate surface area is 141 Å². The molecule has 0 aromatic heterocycles. The van der Waals surface area contributed by atoms with E-state index >= 15 is 0 Å². The molecular weight excluding hydrogens is 314 g/mol. The van der Waals surface area contributed by atoms with Crippen molar-refractivity contribution in [3.05, 3.63) is 23.8 Å². The number of likely N-dealkylation sites (N-methyl/N-ethyl adjacent to an activating group) is 1. The number of hydrogen-bond donors (Lipinski definition) is 0. The van der Waals surface area contributed by atoms with Crippen LogP contribution in [-0.2, 0) is 19.5 Å². The molecule has 6 heteroatoms. The maximum absolute atomic E-state index is 12.3. The van der Waals surface area contributed by atoms with Crippen molar-refractivity contribution >= 4 is 10.0 Å². The number of hydrogen-bond acceptors (Lipinski definition) is 4. The summed E-state index contributed by atoms with van der Waals surface area (Å²) in [6.45, 7) is 4.44. The molecule has 1 heterocycles. The van der Waals surface area contributed by atoms with Crippen LogP contribution in [0.4, 0.5) is 0 Å². The number of allylic oxidation sites excluding steroid dienone is 1. The molecular formula is C17H31NO4S. The third kappa shape index (κ3) is 6.37. The molecule has 134 valence electrons. The highest BCUT2D eigenvalue weighted by Gasteiger charge is 2.25. The highest BCUT2D eigenvalue weighted by molar-refractivity contribution is 7.89. The molecule has 0 saturated carbocycles. The van der Waals surface area contributed by atoms with Gasteiger partial charge in [-0.3, -0.25) is 0 Å². The number of ether oxygens (including phenoxy) is 2. The van der Waals surface area contributed by atoms with Crippen molar-refractivity contribution in [2.75, 3.05) is 33.6 Å². The fraction of sp³-hybridized carbons (Fsp3) is 0.765. The first kappa shape index (κ1) is 20.4. The van der Waals surface area contributed by atoms with Gasteiger partial charge in [0.05, 0.1) is 11.9 Å². The van der Waals surface area contributed by atoms with Gasteiger partial charge in [0, 0.05) is 33.7 Å². The van der Waals surface area contributed by atoms with Crippen LogP contribution in [-0.4, -0.2) is 58.5 Å². The normalized spacial score (nSPS) is 35.0. The van der Waals surface area contributed by atoms with E-state index in [0.717, 1.165) is 18.4 Å². The summed E-state index contributed by atoms with van der Waals surface area (Å²) in [6, 6.07) is 0. The molecule has 1 aliphatic rings. The lowest BCUT2D eigenvalue weighted by Crippen LogP contribution is -2.34. The second-order valence-electron chi connectivity index (χ2n) is 6.27. The molecule has 0 spiro atoms. The molecule has 0 unspecified atom stereocenters. The molecule has 0 amide bonds. The van der Waals surface area contributed by atoms with Gasteiger partial charge in [-0.2, -0.15) is 0 Å². The number of rotatable bonds is 2. The first-order valence-corrected chi connectivity index (χ1v) is 9.76. The summed E-state index contributed by atoms with van der Waals surface area (Å²) in [6.07, 6.45) is 8.32. The third-order valence-corrected chi connectivity index (χ3v) is 6.11. The van der Waals surface area contributed by atoms with Crippen LogP contribution in [0.15, 0.2) is 23.8 Å². The topological polar surface area (TPSA) is 55.8 Å². The van der Waals surface area contributed by atoms with Gasteiger partial charge >= 0.3 is 0 Å². The Kier molecular flexibility index (Phi) is 8.47. The van der Waals surface area contributed by atoms with Crippen LogP contribution in [0.25, 0.3) is 0 Å². The summed E-state index contributed by atoms with van der Waals surface area (Å²) in [4.78, 5) is 0. The molecule has 3 atom stereocenters. The first-order valence-electron chi connectivity index (χ1n) is 8.15. The minimum atomic E-state index is -3.18. The van der Waals surface area contributed by atoms with Gasteiger partial charge in [0.1, 0.15) is 6.10 Å². The van der Waals surface area contributed by atoms with Crippen molar-refractivity contribution in [1.82, 2.24) is 4.31 Å². The van der Waals surface area contributed by atoms with Crippen LogP contribution < -0.4 is 0 Å². The molecule has 23 heavy (non-hydrogen) atoms. The third-order valence-electron chi connectivity index (χ3n) is 4.23. The van der Waals surface area contributed by atoms with Crippen LogP contribution >= 0.6 is 0 Å². The largest absolute Gasteiger partial charge is 0.378 e. The van der Waals surface area contributed by atoms with Crippen molar-refractivity contribution in [2.45, 2.75) is 45.3 Å². The van der Waals surface area contributed by atoms with Gasteiger partial charge in [-0.25, -0.2) is 12.7 Å². The predicted molar refractivity (Wildman–Crippen MR) is 93.9 cm³/mol. The van der Waals surface area contributed by atoms with Crippen LogP contribution in [0.5, 0.6) is 0 Å². The fourth-order valence-electron chi connectivity index (χ4n) is 2.95. The summed E-state index contributed by atoms with van der Waals surface area (Å²) >= 11 is 0. The van der Waals surface area contributed by atoms with Crippen LogP contribution in [0.2, 0.25) is 0 Å². The average molecular weight is 346 g/mol. The lowest BCUT2D eigenvalue weighted by Gasteiger charge is -2.27. The van der Waals surface area contributed by atoms with E-state index in [4.69, 9.17) is 9.47 Å². The first-order chi connectivity index (χ1) is 10.8. The molecule has 0 radical (unpaired) electrons. The molecule has 0 aliphatic carbocycles. The molecule has 0 N–H and O–H groups in total. The Hall–Kier alpha value is -0.690. The van der Waals surface area contributed by atoms with Crippen LogP contribution in [0.1, 0.15) is 33.1 Å². The van der Waals surface area contributed by atoms with Gasteiger partial charge in [-0.15, -0.1) is 0 Å².